The minimum Gasteiger partial charge on any atom is -0.466 e. The van der Waals surface area contributed by atoms with Gasteiger partial charge in [-0.15, -0.1) is 0 Å². The number of allylic oxidation sites excluding steroid dienone is 5. The van der Waals surface area contributed by atoms with Crippen molar-refractivity contribution in [2.75, 3.05) is 19.8 Å². The van der Waals surface area contributed by atoms with E-state index in [4.69, 9.17) is 14.2 Å². The quantitative estimate of drug-likeness (QED) is 0.0195. The minimum atomic E-state index is -1.58. The highest BCUT2D eigenvalue weighted by Crippen LogP contribution is 2.23. The zero-order valence-electron chi connectivity index (χ0n) is 52.8. The molecule has 0 bridgehead atoms. The number of rotatable bonds is 61. The summed E-state index contributed by atoms with van der Waals surface area (Å²) in [7, 11) is 0. The van der Waals surface area contributed by atoms with Gasteiger partial charge in [0.1, 0.15) is 24.4 Å². The average molecular weight is 1150 g/mol. The third-order valence-corrected chi connectivity index (χ3v) is 16.5. The molecule has 6 N–H and O–H groups in total. The number of nitrogens with one attached hydrogen (secondary N) is 1. The Morgan fingerprint density at radius 1 is 0.444 bits per heavy atom. The van der Waals surface area contributed by atoms with E-state index in [2.05, 4.69) is 43.5 Å². The molecule has 11 heteroatoms. The maximum Gasteiger partial charge on any atom is 0.305 e. The highest BCUT2D eigenvalue weighted by atomic mass is 16.7. The summed E-state index contributed by atoms with van der Waals surface area (Å²) in [6, 6.07) is -0.826. The zero-order chi connectivity index (χ0) is 58.7. The highest BCUT2D eigenvalue weighted by Gasteiger charge is 2.44. The van der Waals surface area contributed by atoms with Crippen LogP contribution in [0.1, 0.15) is 335 Å². The Morgan fingerprint density at radius 2 is 0.802 bits per heavy atom. The lowest BCUT2D eigenvalue weighted by Crippen LogP contribution is -2.60. The molecule has 0 spiro atoms. The Morgan fingerprint density at radius 3 is 1.25 bits per heavy atom. The third kappa shape index (κ3) is 48.8. The Bertz CT molecular complexity index is 1440. The second kappa shape index (κ2) is 59.6. The summed E-state index contributed by atoms with van der Waals surface area (Å²) in [5.41, 5.74) is 0. The molecule has 81 heavy (non-hydrogen) atoms. The van der Waals surface area contributed by atoms with Crippen molar-refractivity contribution in [3.05, 3.63) is 36.5 Å². The molecule has 1 saturated heterocycles. The first-order chi connectivity index (χ1) is 39.7. The SMILES string of the molecule is CCCCC/C=C/CC/C=C/C(O)C(COC1OC(CO)C(O)C(O)C1O)NC(=O)CCCCCCCCCCCCCC/C=C\CCCCCCCCCCCCCCOC(=O)CCCCCCCCCCCCCCCCCC. The van der Waals surface area contributed by atoms with Crippen molar-refractivity contribution in [2.24, 2.45) is 0 Å². The van der Waals surface area contributed by atoms with Crippen molar-refractivity contribution in [3.8, 4) is 0 Å². The Balaban J connectivity index is 1.92. The maximum absolute atomic E-state index is 13.0. The number of ether oxygens (including phenoxy) is 3. The van der Waals surface area contributed by atoms with Crippen LogP contribution < -0.4 is 5.32 Å². The summed E-state index contributed by atoms with van der Waals surface area (Å²) in [4.78, 5) is 25.1. The van der Waals surface area contributed by atoms with Crippen LogP contribution in [-0.4, -0.2) is 100 Å². The number of carbonyl (C=O) groups excluding carboxylic acids is 2. The third-order valence-electron chi connectivity index (χ3n) is 16.5. The minimum absolute atomic E-state index is 0.0101. The molecule has 1 aliphatic rings. The van der Waals surface area contributed by atoms with Crippen LogP contribution in [0.15, 0.2) is 36.5 Å². The molecule has 1 fully saturated rings. The monoisotopic (exact) mass is 1150 g/mol. The number of amides is 1. The normalized spacial score (nSPS) is 18.4. The maximum atomic E-state index is 13.0. The first-order valence-corrected chi connectivity index (χ1v) is 34.8. The van der Waals surface area contributed by atoms with Gasteiger partial charge >= 0.3 is 5.97 Å². The van der Waals surface area contributed by atoms with Gasteiger partial charge in [0.05, 0.1) is 32.0 Å². The van der Waals surface area contributed by atoms with Crippen LogP contribution in [0.3, 0.4) is 0 Å². The fourth-order valence-corrected chi connectivity index (χ4v) is 11.0. The fraction of sp³-hybridized carbons (Fsp3) is 0.886. The van der Waals surface area contributed by atoms with Gasteiger partial charge in [-0.3, -0.25) is 9.59 Å². The van der Waals surface area contributed by atoms with Gasteiger partial charge in [0.25, 0.3) is 0 Å². The summed E-state index contributed by atoms with van der Waals surface area (Å²) < 4.78 is 16.7. The molecule has 7 unspecified atom stereocenters. The van der Waals surface area contributed by atoms with E-state index >= 15 is 0 Å². The second-order valence-electron chi connectivity index (χ2n) is 24.2. The van der Waals surface area contributed by atoms with Crippen molar-refractivity contribution >= 4 is 11.9 Å². The van der Waals surface area contributed by atoms with Gasteiger partial charge in [0.15, 0.2) is 6.29 Å². The predicted molar refractivity (Wildman–Crippen MR) is 338 cm³/mol. The van der Waals surface area contributed by atoms with E-state index in [-0.39, 0.29) is 18.5 Å². The average Bonchev–Trinajstić information content (AvgIpc) is 3.47. The van der Waals surface area contributed by atoms with E-state index in [0.717, 1.165) is 51.4 Å². The van der Waals surface area contributed by atoms with E-state index in [1.165, 1.54) is 257 Å². The van der Waals surface area contributed by atoms with Crippen molar-refractivity contribution in [3.63, 3.8) is 0 Å². The smallest absolute Gasteiger partial charge is 0.305 e. The molecule has 1 rings (SSSR count). The molecule has 7 atom stereocenters. The number of aliphatic hydroxyl groups is 5. The summed E-state index contributed by atoms with van der Waals surface area (Å²) in [5.74, 6) is -0.183. The molecule has 11 nitrogen and oxygen atoms in total. The zero-order valence-corrected chi connectivity index (χ0v) is 52.8. The molecule has 0 aromatic carbocycles. The molecule has 0 saturated carbocycles. The predicted octanol–water partition coefficient (Wildman–Crippen LogP) is 17.4. The van der Waals surface area contributed by atoms with Crippen LogP contribution in [0.4, 0.5) is 0 Å². The van der Waals surface area contributed by atoms with Crippen LogP contribution in [0, 0.1) is 0 Å². The molecule has 1 heterocycles. The summed E-state index contributed by atoms with van der Waals surface area (Å²) in [6.45, 7) is 4.31. The molecular formula is C70H131NO10. The lowest BCUT2D eigenvalue weighted by Gasteiger charge is -2.40. The van der Waals surface area contributed by atoms with Crippen molar-refractivity contribution in [1.29, 1.82) is 0 Å². The summed E-state index contributed by atoms with van der Waals surface area (Å²) in [6.07, 6.45) is 65.8. The number of hydrogen-bond acceptors (Lipinski definition) is 10. The van der Waals surface area contributed by atoms with Crippen LogP contribution >= 0.6 is 0 Å². The van der Waals surface area contributed by atoms with Gasteiger partial charge in [-0.25, -0.2) is 0 Å². The summed E-state index contributed by atoms with van der Waals surface area (Å²) in [5, 5.41) is 54.2. The van der Waals surface area contributed by atoms with Gasteiger partial charge in [-0.1, -0.05) is 288 Å². The van der Waals surface area contributed by atoms with Crippen molar-refractivity contribution < 1.29 is 49.3 Å². The number of carbonyl (C=O) groups is 2. The van der Waals surface area contributed by atoms with Gasteiger partial charge in [0, 0.05) is 12.8 Å². The van der Waals surface area contributed by atoms with E-state index in [9.17, 15) is 35.1 Å². The lowest BCUT2D eigenvalue weighted by atomic mass is 9.99. The number of hydrogen-bond donors (Lipinski definition) is 6. The Labute approximate surface area is 498 Å². The largest absolute Gasteiger partial charge is 0.466 e. The van der Waals surface area contributed by atoms with Crippen LogP contribution in [0.25, 0.3) is 0 Å². The first-order valence-electron chi connectivity index (χ1n) is 34.8. The van der Waals surface area contributed by atoms with Crippen LogP contribution in [-0.2, 0) is 23.8 Å². The highest BCUT2D eigenvalue weighted by molar-refractivity contribution is 5.76. The molecule has 1 amide bonds. The second-order valence-corrected chi connectivity index (χ2v) is 24.2. The Kier molecular flexibility index (Phi) is 56.6. The van der Waals surface area contributed by atoms with Crippen LogP contribution in [0.5, 0.6) is 0 Å². The van der Waals surface area contributed by atoms with E-state index in [1.807, 2.05) is 6.08 Å². The van der Waals surface area contributed by atoms with E-state index < -0.39 is 49.5 Å². The Hall–Kier alpha value is -2.12. The number of unbranched alkanes of at least 4 members (excludes halogenated alkanes) is 43. The van der Waals surface area contributed by atoms with Crippen LogP contribution in [0.2, 0.25) is 0 Å². The first kappa shape index (κ1) is 76.9. The van der Waals surface area contributed by atoms with Gasteiger partial charge in [0.2, 0.25) is 5.91 Å². The molecular weight excluding hydrogens is 1010 g/mol. The van der Waals surface area contributed by atoms with E-state index in [0.29, 0.717) is 19.4 Å². The van der Waals surface area contributed by atoms with Crippen molar-refractivity contribution in [2.45, 2.75) is 378 Å². The summed E-state index contributed by atoms with van der Waals surface area (Å²) >= 11 is 0. The van der Waals surface area contributed by atoms with Crippen molar-refractivity contribution in [1.82, 2.24) is 5.32 Å². The van der Waals surface area contributed by atoms with Gasteiger partial charge in [-0.05, 0) is 70.6 Å². The number of esters is 1. The molecule has 0 radical (unpaired) electrons. The lowest BCUT2D eigenvalue weighted by molar-refractivity contribution is -0.302. The van der Waals surface area contributed by atoms with E-state index in [1.54, 1.807) is 6.08 Å². The van der Waals surface area contributed by atoms with Gasteiger partial charge in [-0.2, -0.15) is 0 Å². The molecule has 0 aliphatic carbocycles. The molecule has 476 valence electrons. The standard InChI is InChI=1S/C70H131NO10/c1-3-5-7-9-11-13-14-15-16-32-35-38-42-46-50-54-58-66(75)79-59-55-51-47-43-39-36-33-30-28-26-24-22-20-18-17-19-21-23-25-27-29-31-34-37-41-45-49-53-57-65(74)71-62(63(73)56-52-48-44-40-12-10-8-6-4-2)61-80-70-69(78)68(77)67(76)64(60-72)81-70/h12,17-18,40,52,56,62-64,67-70,72-73,76-78H,3-11,13-16,19-39,41-51,53-55,57-61H2,1-2H3,(H,71,74)/b18-17-,40-12+,56-52+. The fourth-order valence-electron chi connectivity index (χ4n) is 11.0. The molecule has 1 aliphatic heterocycles. The molecule has 0 aromatic heterocycles. The number of aliphatic hydroxyl groups excluding tert-OH is 5. The molecule has 0 aromatic rings. The van der Waals surface area contributed by atoms with Gasteiger partial charge < -0.3 is 45.1 Å². The topological polar surface area (TPSA) is 175 Å².